The quantitative estimate of drug-likeness (QED) is 0.772. The van der Waals surface area contributed by atoms with Crippen LogP contribution in [0.5, 0.6) is 0 Å². The molecule has 3 nitrogen and oxygen atoms in total. The average molecular weight is 213 g/mol. The standard InChI is InChI=1S/C10H13ClN2O/c1-13(2)10(14)9(12-11)8-6-4-3-5-7-8/h3-7,9,12H,1-2H3/t9-/m0/s1. The molecule has 14 heavy (non-hydrogen) atoms. The number of amides is 1. The highest BCUT2D eigenvalue weighted by Gasteiger charge is 2.20. The van der Waals surface area contributed by atoms with Gasteiger partial charge in [0.15, 0.2) is 0 Å². The fourth-order valence-corrected chi connectivity index (χ4v) is 1.38. The van der Waals surface area contributed by atoms with Crippen LogP contribution in [0.3, 0.4) is 0 Å². The lowest BCUT2D eigenvalue weighted by Gasteiger charge is -2.18. The maximum absolute atomic E-state index is 11.7. The lowest BCUT2D eigenvalue weighted by molar-refractivity contribution is -0.130. The van der Waals surface area contributed by atoms with Gasteiger partial charge in [0.05, 0.1) is 0 Å². The van der Waals surface area contributed by atoms with Gasteiger partial charge < -0.3 is 4.90 Å². The summed E-state index contributed by atoms with van der Waals surface area (Å²) in [6.07, 6.45) is 0. The number of rotatable bonds is 3. The fraction of sp³-hybridized carbons (Fsp3) is 0.300. The topological polar surface area (TPSA) is 32.3 Å². The minimum atomic E-state index is -0.479. The SMILES string of the molecule is CN(C)C(=O)[C@@H](NCl)c1ccccc1. The summed E-state index contributed by atoms with van der Waals surface area (Å²) in [6.45, 7) is 0. The lowest BCUT2D eigenvalue weighted by atomic mass is 10.1. The molecule has 0 heterocycles. The first-order valence-corrected chi connectivity index (χ1v) is 4.67. The van der Waals surface area contributed by atoms with Crippen molar-refractivity contribution in [3.8, 4) is 0 Å². The normalized spacial score (nSPS) is 12.2. The average Bonchev–Trinajstić information content (AvgIpc) is 2.20. The summed E-state index contributed by atoms with van der Waals surface area (Å²) in [4.78, 5) is 15.6. The molecule has 0 aliphatic carbocycles. The second-order valence-electron chi connectivity index (χ2n) is 3.19. The van der Waals surface area contributed by atoms with Gasteiger partial charge in [-0.2, -0.15) is 0 Å². The summed E-state index contributed by atoms with van der Waals surface area (Å²) in [7, 11) is 3.40. The van der Waals surface area contributed by atoms with E-state index >= 15 is 0 Å². The zero-order valence-electron chi connectivity index (χ0n) is 8.20. The van der Waals surface area contributed by atoms with Crippen molar-refractivity contribution >= 4 is 17.7 Å². The van der Waals surface area contributed by atoms with Gasteiger partial charge in [0.1, 0.15) is 6.04 Å². The molecule has 0 radical (unpaired) electrons. The van der Waals surface area contributed by atoms with Crippen molar-refractivity contribution in [1.82, 2.24) is 9.74 Å². The molecule has 1 aromatic rings. The molecule has 1 aromatic carbocycles. The first kappa shape index (κ1) is 11.0. The minimum Gasteiger partial charge on any atom is -0.347 e. The summed E-state index contributed by atoms with van der Waals surface area (Å²) in [6, 6.07) is 8.89. The minimum absolute atomic E-state index is 0.0637. The van der Waals surface area contributed by atoms with E-state index in [1.54, 1.807) is 14.1 Å². The fourth-order valence-electron chi connectivity index (χ4n) is 1.16. The van der Waals surface area contributed by atoms with Gasteiger partial charge in [-0.3, -0.25) is 4.79 Å². The van der Waals surface area contributed by atoms with E-state index in [1.165, 1.54) is 4.90 Å². The summed E-state index contributed by atoms with van der Waals surface area (Å²) in [5.74, 6) is -0.0637. The van der Waals surface area contributed by atoms with Gasteiger partial charge in [0, 0.05) is 14.1 Å². The van der Waals surface area contributed by atoms with Crippen LogP contribution in [0, 0.1) is 0 Å². The van der Waals surface area contributed by atoms with Crippen LogP contribution < -0.4 is 4.84 Å². The van der Waals surface area contributed by atoms with E-state index in [1.807, 2.05) is 30.3 Å². The summed E-state index contributed by atoms with van der Waals surface area (Å²) in [5.41, 5.74) is 0.862. The summed E-state index contributed by atoms with van der Waals surface area (Å²) >= 11 is 5.54. The molecule has 1 amide bonds. The molecule has 0 fully saturated rings. The molecule has 76 valence electrons. The Morgan fingerprint density at radius 2 is 1.93 bits per heavy atom. The van der Waals surface area contributed by atoms with Gasteiger partial charge in [0.25, 0.3) is 0 Å². The molecule has 0 aliphatic rings. The van der Waals surface area contributed by atoms with Crippen LogP contribution in [0.1, 0.15) is 11.6 Å². The van der Waals surface area contributed by atoms with Gasteiger partial charge in [-0.1, -0.05) is 30.3 Å². The van der Waals surface area contributed by atoms with Crippen molar-refractivity contribution in [1.29, 1.82) is 0 Å². The molecular formula is C10H13ClN2O. The number of benzene rings is 1. The predicted molar refractivity (Wildman–Crippen MR) is 56.9 cm³/mol. The van der Waals surface area contributed by atoms with Crippen LogP contribution in [0.25, 0.3) is 0 Å². The second-order valence-corrected chi connectivity index (χ2v) is 3.40. The third-order valence-electron chi connectivity index (χ3n) is 1.93. The van der Waals surface area contributed by atoms with E-state index in [2.05, 4.69) is 4.84 Å². The van der Waals surface area contributed by atoms with E-state index in [0.717, 1.165) is 5.56 Å². The highest BCUT2D eigenvalue weighted by atomic mass is 35.5. The molecule has 0 aliphatic heterocycles. The Labute approximate surface area is 88.8 Å². The number of hydrogen-bond donors (Lipinski definition) is 1. The van der Waals surface area contributed by atoms with Crippen LogP contribution in [-0.4, -0.2) is 24.9 Å². The smallest absolute Gasteiger partial charge is 0.244 e. The van der Waals surface area contributed by atoms with E-state index in [0.29, 0.717) is 0 Å². The zero-order valence-corrected chi connectivity index (χ0v) is 8.95. The Morgan fingerprint density at radius 1 is 1.36 bits per heavy atom. The lowest BCUT2D eigenvalue weighted by Crippen LogP contribution is -2.33. The molecule has 0 spiro atoms. The first-order chi connectivity index (χ1) is 6.66. The third kappa shape index (κ3) is 2.47. The Morgan fingerprint density at radius 3 is 2.36 bits per heavy atom. The molecule has 0 saturated heterocycles. The molecular weight excluding hydrogens is 200 g/mol. The van der Waals surface area contributed by atoms with Crippen molar-refractivity contribution in [2.24, 2.45) is 0 Å². The highest BCUT2D eigenvalue weighted by molar-refractivity contribution is 6.15. The summed E-state index contributed by atoms with van der Waals surface area (Å²) in [5, 5.41) is 0. The monoisotopic (exact) mass is 212 g/mol. The van der Waals surface area contributed by atoms with E-state index < -0.39 is 6.04 Å². The van der Waals surface area contributed by atoms with Crippen molar-refractivity contribution in [2.75, 3.05) is 14.1 Å². The Kier molecular flexibility index (Phi) is 3.92. The van der Waals surface area contributed by atoms with Crippen molar-refractivity contribution < 1.29 is 4.79 Å². The number of halogens is 1. The van der Waals surface area contributed by atoms with Crippen LogP contribution in [-0.2, 0) is 4.79 Å². The van der Waals surface area contributed by atoms with E-state index in [9.17, 15) is 4.79 Å². The Bertz CT molecular complexity index is 300. The Hall–Kier alpha value is -1.06. The largest absolute Gasteiger partial charge is 0.347 e. The summed E-state index contributed by atoms with van der Waals surface area (Å²) < 4.78 is 0. The van der Waals surface area contributed by atoms with Crippen molar-refractivity contribution in [3.05, 3.63) is 35.9 Å². The third-order valence-corrected chi connectivity index (χ3v) is 2.15. The zero-order chi connectivity index (χ0) is 10.6. The van der Waals surface area contributed by atoms with Gasteiger partial charge in [-0.15, -0.1) is 0 Å². The van der Waals surface area contributed by atoms with Gasteiger partial charge in [-0.05, 0) is 17.3 Å². The van der Waals surface area contributed by atoms with Gasteiger partial charge in [0.2, 0.25) is 5.91 Å². The Balaban J connectivity index is 2.88. The number of nitrogens with zero attached hydrogens (tertiary/aromatic N) is 1. The predicted octanol–water partition coefficient (Wildman–Crippen LogP) is 1.56. The number of likely N-dealkylation sites (N-methyl/N-ethyl adjacent to an activating group) is 1. The first-order valence-electron chi connectivity index (χ1n) is 4.29. The van der Waals surface area contributed by atoms with Crippen LogP contribution >= 0.6 is 11.8 Å². The van der Waals surface area contributed by atoms with Crippen LogP contribution in [0.4, 0.5) is 0 Å². The molecule has 1 atom stereocenters. The molecule has 1 N–H and O–H groups in total. The molecule has 4 heteroatoms. The van der Waals surface area contributed by atoms with E-state index in [4.69, 9.17) is 11.8 Å². The van der Waals surface area contributed by atoms with Crippen LogP contribution in [0.2, 0.25) is 0 Å². The second kappa shape index (κ2) is 4.98. The molecule has 0 bridgehead atoms. The molecule has 0 aromatic heterocycles. The molecule has 0 unspecified atom stereocenters. The number of carbonyl (C=O) groups excluding carboxylic acids is 1. The maximum Gasteiger partial charge on any atom is 0.244 e. The van der Waals surface area contributed by atoms with Gasteiger partial charge in [-0.25, -0.2) is 4.84 Å². The van der Waals surface area contributed by atoms with Crippen molar-refractivity contribution in [2.45, 2.75) is 6.04 Å². The van der Waals surface area contributed by atoms with Gasteiger partial charge >= 0.3 is 0 Å². The number of hydrogen-bond acceptors (Lipinski definition) is 2. The van der Waals surface area contributed by atoms with Crippen LogP contribution in [0.15, 0.2) is 30.3 Å². The highest BCUT2D eigenvalue weighted by Crippen LogP contribution is 2.14. The van der Waals surface area contributed by atoms with Crippen molar-refractivity contribution in [3.63, 3.8) is 0 Å². The van der Waals surface area contributed by atoms with E-state index in [-0.39, 0.29) is 5.91 Å². The molecule has 0 saturated carbocycles. The number of nitrogens with one attached hydrogen (secondary N) is 1. The molecule has 1 rings (SSSR count). The maximum atomic E-state index is 11.7. The number of carbonyl (C=O) groups is 1.